The Bertz CT molecular complexity index is 1070. The van der Waals surface area contributed by atoms with Gasteiger partial charge in [0.2, 0.25) is 5.75 Å². The lowest BCUT2D eigenvalue weighted by Gasteiger charge is -2.13. The second kappa shape index (κ2) is 7.67. The Morgan fingerprint density at radius 3 is 2.26 bits per heavy atom. The average Bonchev–Trinajstić information content (AvgIpc) is 3.03. The van der Waals surface area contributed by atoms with E-state index in [0.29, 0.717) is 33.7 Å². The molecule has 0 saturated carbocycles. The lowest BCUT2D eigenvalue weighted by Crippen LogP contribution is -2.08. The van der Waals surface area contributed by atoms with Gasteiger partial charge in [0, 0.05) is 5.57 Å². The van der Waals surface area contributed by atoms with Crippen LogP contribution >= 0.6 is 11.5 Å². The number of hydrogen-bond donors (Lipinski definition) is 0. The number of aromatic nitrogens is 1. The maximum atomic E-state index is 12.9. The molecule has 0 saturated heterocycles. The Hall–Kier alpha value is -3.06. The SMILES string of the molecule is COc1cc(C=C(C)C(=O)n2sc(=O)c3ccccc32)cc(OC)c1OC. The summed E-state index contributed by atoms with van der Waals surface area (Å²) in [5, 5.41) is 0.538. The van der Waals surface area contributed by atoms with E-state index in [1.54, 1.807) is 49.4 Å². The first-order valence-electron chi connectivity index (χ1n) is 8.14. The fourth-order valence-corrected chi connectivity index (χ4v) is 3.73. The van der Waals surface area contributed by atoms with Crippen molar-refractivity contribution in [1.82, 2.24) is 3.96 Å². The molecule has 3 rings (SSSR count). The molecule has 0 radical (unpaired) electrons. The van der Waals surface area contributed by atoms with Crippen LogP contribution in [0.15, 0.2) is 46.8 Å². The van der Waals surface area contributed by atoms with Gasteiger partial charge in [0.05, 0.1) is 32.2 Å². The van der Waals surface area contributed by atoms with Crippen LogP contribution in [0.3, 0.4) is 0 Å². The quantitative estimate of drug-likeness (QED) is 0.625. The van der Waals surface area contributed by atoms with E-state index < -0.39 is 0 Å². The molecule has 27 heavy (non-hydrogen) atoms. The Kier molecular flexibility index (Phi) is 5.32. The maximum Gasteiger partial charge on any atom is 0.267 e. The van der Waals surface area contributed by atoms with Gasteiger partial charge < -0.3 is 14.2 Å². The number of allylic oxidation sites excluding steroid dienone is 1. The van der Waals surface area contributed by atoms with Gasteiger partial charge in [-0.2, -0.15) is 0 Å². The third kappa shape index (κ3) is 3.46. The maximum absolute atomic E-state index is 12.9. The Balaban J connectivity index is 2.04. The van der Waals surface area contributed by atoms with Crippen LogP contribution in [-0.2, 0) is 0 Å². The zero-order valence-electron chi connectivity index (χ0n) is 15.4. The number of para-hydroxylation sites is 1. The Labute approximate surface area is 160 Å². The molecule has 0 bridgehead atoms. The molecule has 6 nitrogen and oxygen atoms in total. The zero-order chi connectivity index (χ0) is 19.6. The van der Waals surface area contributed by atoms with Gasteiger partial charge in [-0.05, 0) is 54.4 Å². The van der Waals surface area contributed by atoms with Crippen LogP contribution in [0.25, 0.3) is 17.0 Å². The first-order chi connectivity index (χ1) is 13.0. The van der Waals surface area contributed by atoms with E-state index in [1.807, 2.05) is 0 Å². The number of rotatable bonds is 5. The molecular weight excluding hydrogens is 366 g/mol. The van der Waals surface area contributed by atoms with Crippen LogP contribution < -0.4 is 19.0 Å². The summed E-state index contributed by atoms with van der Waals surface area (Å²) < 4.78 is 17.3. The van der Waals surface area contributed by atoms with E-state index >= 15 is 0 Å². The molecular formula is C20H19NO5S. The van der Waals surface area contributed by atoms with Crippen molar-refractivity contribution < 1.29 is 19.0 Å². The molecule has 0 aliphatic rings. The molecule has 0 fully saturated rings. The van der Waals surface area contributed by atoms with Crippen LogP contribution in [-0.4, -0.2) is 31.2 Å². The molecule has 0 amide bonds. The molecule has 0 N–H and O–H groups in total. The molecule has 1 aromatic heterocycles. The van der Waals surface area contributed by atoms with Crippen LogP contribution in [0, 0.1) is 0 Å². The smallest absolute Gasteiger partial charge is 0.267 e. The number of nitrogens with zero attached hydrogens (tertiary/aromatic N) is 1. The molecule has 0 aliphatic heterocycles. The van der Waals surface area contributed by atoms with Gasteiger partial charge in [-0.1, -0.05) is 12.1 Å². The summed E-state index contributed by atoms with van der Waals surface area (Å²) in [6.07, 6.45) is 1.72. The summed E-state index contributed by atoms with van der Waals surface area (Å²) in [5.74, 6) is 1.22. The lowest BCUT2D eigenvalue weighted by molar-refractivity contribution is 0.0972. The predicted molar refractivity (Wildman–Crippen MR) is 106 cm³/mol. The highest BCUT2D eigenvalue weighted by Gasteiger charge is 2.16. The summed E-state index contributed by atoms with van der Waals surface area (Å²) in [6.45, 7) is 1.71. The van der Waals surface area contributed by atoms with Crippen molar-refractivity contribution >= 4 is 34.4 Å². The van der Waals surface area contributed by atoms with Crippen molar-refractivity contribution in [2.24, 2.45) is 0 Å². The van der Waals surface area contributed by atoms with Gasteiger partial charge in [-0.3, -0.25) is 9.59 Å². The van der Waals surface area contributed by atoms with Gasteiger partial charge in [0.15, 0.2) is 11.5 Å². The fourth-order valence-electron chi connectivity index (χ4n) is 2.81. The van der Waals surface area contributed by atoms with E-state index in [1.165, 1.54) is 25.3 Å². The number of ether oxygens (including phenoxy) is 3. The lowest BCUT2D eigenvalue weighted by atomic mass is 10.1. The van der Waals surface area contributed by atoms with E-state index in [4.69, 9.17) is 14.2 Å². The number of hydrogen-bond acceptors (Lipinski definition) is 6. The molecule has 140 valence electrons. The van der Waals surface area contributed by atoms with Crippen molar-refractivity contribution in [1.29, 1.82) is 0 Å². The highest BCUT2D eigenvalue weighted by atomic mass is 32.1. The first kappa shape index (κ1) is 18.7. The van der Waals surface area contributed by atoms with Crippen LogP contribution in [0.2, 0.25) is 0 Å². The summed E-state index contributed by atoms with van der Waals surface area (Å²) >= 11 is 0.897. The van der Waals surface area contributed by atoms with Gasteiger partial charge in [0.1, 0.15) is 0 Å². The normalized spacial score (nSPS) is 11.5. The van der Waals surface area contributed by atoms with Gasteiger partial charge in [-0.15, -0.1) is 0 Å². The van der Waals surface area contributed by atoms with Crippen molar-refractivity contribution in [3.63, 3.8) is 0 Å². The van der Waals surface area contributed by atoms with Gasteiger partial charge >= 0.3 is 0 Å². The molecule has 0 spiro atoms. The largest absolute Gasteiger partial charge is 0.493 e. The molecule has 0 unspecified atom stereocenters. The predicted octanol–water partition coefficient (Wildman–Crippen LogP) is 3.83. The fraction of sp³-hybridized carbons (Fsp3) is 0.200. The van der Waals surface area contributed by atoms with Crippen molar-refractivity contribution in [3.05, 3.63) is 57.1 Å². The van der Waals surface area contributed by atoms with E-state index in [0.717, 1.165) is 17.1 Å². The van der Waals surface area contributed by atoms with Crippen molar-refractivity contribution in [3.8, 4) is 17.2 Å². The zero-order valence-corrected chi connectivity index (χ0v) is 16.3. The number of fused-ring (bicyclic) bond motifs is 1. The molecule has 0 aliphatic carbocycles. The average molecular weight is 385 g/mol. The summed E-state index contributed by atoms with van der Waals surface area (Å²) in [4.78, 5) is 25.0. The number of benzene rings is 2. The highest BCUT2D eigenvalue weighted by molar-refractivity contribution is 7.06. The van der Waals surface area contributed by atoms with Crippen LogP contribution in [0.1, 0.15) is 17.3 Å². The number of methoxy groups -OCH3 is 3. The first-order valence-corrected chi connectivity index (χ1v) is 8.91. The third-order valence-electron chi connectivity index (χ3n) is 4.11. The highest BCUT2D eigenvalue weighted by Crippen LogP contribution is 2.38. The minimum Gasteiger partial charge on any atom is -0.493 e. The number of carbonyl (C=O) groups excluding carboxylic acids is 1. The van der Waals surface area contributed by atoms with Gasteiger partial charge in [0.25, 0.3) is 10.6 Å². The van der Waals surface area contributed by atoms with E-state index in [-0.39, 0.29) is 10.6 Å². The van der Waals surface area contributed by atoms with Gasteiger partial charge in [-0.25, -0.2) is 3.96 Å². The minimum atomic E-state index is -0.257. The summed E-state index contributed by atoms with van der Waals surface area (Å²) in [6, 6.07) is 10.6. The number of carbonyl (C=O) groups is 1. The monoisotopic (exact) mass is 385 g/mol. The van der Waals surface area contributed by atoms with Crippen LogP contribution in [0.4, 0.5) is 0 Å². The second-order valence-electron chi connectivity index (χ2n) is 5.78. The Morgan fingerprint density at radius 2 is 1.67 bits per heavy atom. The summed E-state index contributed by atoms with van der Waals surface area (Å²) in [5.41, 5.74) is 1.80. The molecule has 7 heteroatoms. The Morgan fingerprint density at radius 1 is 1.04 bits per heavy atom. The van der Waals surface area contributed by atoms with E-state index in [2.05, 4.69) is 0 Å². The van der Waals surface area contributed by atoms with Crippen molar-refractivity contribution in [2.75, 3.05) is 21.3 Å². The minimum absolute atomic E-state index is 0.139. The molecule has 3 aromatic rings. The van der Waals surface area contributed by atoms with Crippen LogP contribution in [0.5, 0.6) is 17.2 Å². The topological polar surface area (TPSA) is 66.8 Å². The second-order valence-corrected chi connectivity index (χ2v) is 6.70. The standard InChI is InChI=1S/C20H19NO5S/c1-12(9-13-10-16(24-2)18(26-4)17(11-13)25-3)19(22)21-15-8-6-5-7-14(15)20(23)27-21/h5-11H,1-4H3. The molecule has 0 atom stereocenters. The third-order valence-corrected chi connectivity index (χ3v) is 5.04. The summed E-state index contributed by atoms with van der Waals surface area (Å²) in [7, 11) is 4.60. The molecule has 1 heterocycles. The molecule has 2 aromatic carbocycles. The van der Waals surface area contributed by atoms with E-state index in [9.17, 15) is 9.59 Å². The van der Waals surface area contributed by atoms with Crippen molar-refractivity contribution in [2.45, 2.75) is 6.92 Å².